The lowest BCUT2D eigenvalue weighted by Crippen LogP contribution is -2.41. The predicted octanol–water partition coefficient (Wildman–Crippen LogP) is 0.205. The number of carbonyl (C=O) groups excluding carboxylic acids is 2. The molecule has 1 aromatic rings. The second-order valence-corrected chi connectivity index (χ2v) is 11.9. The summed E-state index contributed by atoms with van der Waals surface area (Å²) in [5, 5.41) is 0. The van der Waals surface area contributed by atoms with E-state index in [0.29, 0.717) is 12.8 Å². The molecule has 2 saturated heterocycles. The van der Waals surface area contributed by atoms with E-state index in [1.54, 1.807) is 26.2 Å². The van der Waals surface area contributed by atoms with Crippen LogP contribution in [0.4, 0.5) is 0 Å². The van der Waals surface area contributed by atoms with Gasteiger partial charge in [-0.2, -0.15) is 0 Å². The molecule has 8 nitrogen and oxygen atoms in total. The van der Waals surface area contributed by atoms with Gasteiger partial charge in [-0.25, -0.2) is 16.8 Å². The lowest BCUT2D eigenvalue weighted by molar-refractivity contribution is 0.0708. The molecule has 3 rings (SSSR count). The van der Waals surface area contributed by atoms with Crippen molar-refractivity contribution in [3.05, 3.63) is 35.4 Å². The molecular weight excluding hydrogens is 404 g/mol. The Morgan fingerprint density at radius 1 is 0.786 bits per heavy atom. The van der Waals surface area contributed by atoms with Crippen molar-refractivity contribution in [2.75, 3.05) is 37.1 Å². The smallest absolute Gasteiger partial charge is 0.254 e. The summed E-state index contributed by atoms with van der Waals surface area (Å²) in [7, 11) is -3.20. The third-order valence-electron chi connectivity index (χ3n) is 5.54. The standard InChI is InChI=1S/C18H24N2O6S2/c1-19(13-7-9-27(23,24)11-13)17(21)15-5-3-4-6-16(15)18(22)20(2)14-8-10-28(25,26)12-14/h3-6,13-14H,7-12H2,1-2H3/t13-,14-/m1/s1. The number of benzene rings is 1. The Bertz CT molecular complexity index is 922. The van der Waals surface area contributed by atoms with Crippen molar-refractivity contribution in [2.45, 2.75) is 24.9 Å². The fraction of sp³-hybridized carbons (Fsp3) is 0.556. The van der Waals surface area contributed by atoms with Crippen LogP contribution in [0.3, 0.4) is 0 Å². The highest BCUT2D eigenvalue weighted by Gasteiger charge is 2.36. The van der Waals surface area contributed by atoms with Crippen LogP contribution in [0.1, 0.15) is 33.6 Å². The first kappa shape index (κ1) is 20.8. The zero-order valence-electron chi connectivity index (χ0n) is 15.9. The maximum absolute atomic E-state index is 13.0. The summed E-state index contributed by atoms with van der Waals surface area (Å²) in [6.07, 6.45) is 0.751. The number of amides is 2. The van der Waals surface area contributed by atoms with E-state index in [-0.39, 0.29) is 34.1 Å². The zero-order valence-corrected chi connectivity index (χ0v) is 17.5. The molecule has 0 unspecified atom stereocenters. The molecule has 0 bridgehead atoms. The fourth-order valence-electron chi connectivity index (χ4n) is 3.73. The monoisotopic (exact) mass is 428 g/mol. The average Bonchev–Trinajstić information content (AvgIpc) is 3.20. The Balaban J connectivity index is 1.82. The minimum absolute atomic E-state index is 0.0504. The summed E-state index contributed by atoms with van der Waals surface area (Å²) in [6.45, 7) is 0. The SMILES string of the molecule is CN(C(=O)c1ccccc1C(=O)N(C)[C@@H]1CCS(=O)(=O)C1)[C@@H]1CCS(=O)(=O)C1. The van der Waals surface area contributed by atoms with Gasteiger partial charge in [0.2, 0.25) is 0 Å². The summed E-state index contributed by atoms with van der Waals surface area (Å²) in [4.78, 5) is 28.7. The molecule has 2 heterocycles. The van der Waals surface area contributed by atoms with Gasteiger partial charge in [0.25, 0.3) is 11.8 Å². The Morgan fingerprint density at radius 2 is 1.14 bits per heavy atom. The molecular formula is C18H24N2O6S2. The Labute approximate surface area is 165 Å². The van der Waals surface area contributed by atoms with Crippen LogP contribution in [0.25, 0.3) is 0 Å². The lowest BCUT2D eigenvalue weighted by atomic mass is 10.0. The molecule has 0 aromatic heterocycles. The fourth-order valence-corrected chi connectivity index (χ4v) is 7.28. The van der Waals surface area contributed by atoms with E-state index >= 15 is 0 Å². The molecule has 2 fully saturated rings. The first-order chi connectivity index (χ1) is 13.0. The molecule has 2 aliphatic heterocycles. The normalized spacial score (nSPS) is 25.4. The van der Waals surface area contributed by atoms with Gasteiger partial charge in [-0.15, -0.1) is 0 Å². The third-order valence-corrected chi connectivity index (χ3v) is 9.04. The molecule has 154 valence electrons. The van der Waals surface area contributed by atoms with Gasteiger partial charge in [-0.05, 0) is 25.0 Å². The van der Waals surface area contributed by atoms with E-state index in [2.05, 4.69) is 0 Å². The molecule has 0 spiro atoms. The van der Waals surface area contributed by atoms with E-state index in [9.17, 15) is 26.4 Å². The van der Waals surface area contributed by atoms with Crippen molar-refractivity contribution >= 4 is 31.5 Å². The first-order valence-corrected chi connectivity index (χ1v) is 12.7. The highest BCUT2D eigenvalue weighted by atomic mass is 32.2. The van der Waals surface area contributed by atoms with E-state index < -0.39 is 43.6 Å². The molecule has 28 heavy (non-hydrogen) atoms. The van der Waals surface area contributed by atoms with Gasteiger partial charge >= 0.3 is 0 Å². The van der Waals surface area contributed by atoms with Crippen LogP contribution in [0, 0.1) is 0 Å². The average molecular weight is 429 g/mol. The maximum atomic E-state index is 13.0. The van der Waals surface area contributed by atoms with Crippen LogP contribution in [0.2, 0.25) is 0 Å². The minimum Gasteiger partial charge on any atom is -0.338 e. The topological polar surface area (TPSA) is 109 Å². The summed E-state index contributed by atoms with van der Waals surface area (Å²) < 4.78 is 46.9. The van der Waals surface area contributed by atoms with Gasteiger partial charge in [0.1, 0.15) is 0 Å². The van der Waals surface area contributed by atoms with Crippen molar-refractivity contribution in [3.8, 4) is 0 Å². The van der Waals surface area contributed by atoms with Crippen molar-refractivity contribution in [1.29, 1.82) is 0 Å². The van der Waals surface area contributed by atoms with Gasteiger partial charge in [0.15, 0.2) is 19.7 Å². The molecule has 2 atom stereocenters. The molecule has 0 N–H and O–H groups in total. The summed E-state index contributed by atoms with van der Waals surface area (Å²) in [5.41, 5.74) is 0.374. The second-order valence-electron chi connectivity index (χ2n) is 7.49. The molecule has 2 amide bonds. The number of nitrogens with zero attached hydrogens (tertiary/aromatic N) is 2. The molecule has 0 radical (unpaired) electrons. The quantitative estimate of drug-likeness (QED) is 0.678. The van der Waals surface area contributed by atoms with Crippen LogP contribution in [-0.4, -0.2) is 87.6 Å². The number of sulfone groups is 2. The third kappa shape index (κ3) is 4.22. The largest absolute Gasteiger partial charge is 0.338 e. The van der Waals surface area contributed by atoms with Crippen molar-refractivity contribution in [2.24, 2.45) is 0 Å². The van der Waals surface area contributed by atoms with Gasteiger partial charge < -0.3 is 9.80 Å². The van der Waals surface area contributed by atoms with Crippen LogP contribution < -0.4 is 0 Å². The molecule has 10 heteroatoms. The van der Waals surface area contributed by atoms with Gasteiger partial charge in [0.05, 0.1) is 34.1 Å². The van der Waals surface area contributed by atoms with Gasteiger partial charge in [-0.1, -0.05) is 12.1 Å². The molecule has 0 aliphatic carbocycles. The van der Waals surface area contributed by atoms with Crippen molar-refractivity contribution in [1.82, 2.24) is 9.80 Å². The van der Waals surface area contributed by atoms with E-state index in [1.807, 2.05) is 0 Å². The molecule has 0 saturated carbocycles. The number of rotatable bonds is 4. The Morgan fingerprint density at radius 3 is 1.43 bits per heavy atom. The van der Waals surface area contributed by atoms with Crippen LogP contribution in [0.5, 0.6) is 0 Å². The van der Waals surface area contributed by atoms with Crippen LogP contribution in [-0.2, 0) is 19.7 Å². The lowest BCUT2D eigenvalue weighted by Gasteiger charge is -2.27. The van der Waals surface area contributed by atoms with E-state index in [0.717, 1.165) is 0 Å². The Hall–Kier alpha value is -1.94. The highest BCUT2D eigenvalue weighted by Crippen LogP contribution is 2.23. The number of hydrogen-bond acceptors (Lipinski definition) is 6. The zero-order chi connectivity index (χ0) is 20.7. The van der Waals surface area contributed by atoms with Gasteiger partial charge in [0, 0.05) is 26.2 Å². The van der Waals surface area contributed by atoms with E-state index in [4.69, 9.17) is 0 Å². The van der Waals surface area contributed by atoms with E-state index in [1.165, 1.54) is 21.9 Å². The number of carbonyl (C=O) groups is 2. The summed E-state index contributed by atoms with van der Waals surface area (Å²) in [6, 6.07) is 5.52. The summed E-state index contributed by atoms with van der Waals surface area (Å²) in [5.74, 6) is -0.892. The maximum Gasteiger partial charge on any atom is 0.254 e. The number of hydrogen-bond donors (Lipinski definition) is 0. The molecule has 1 aromatic carbocycles. The first-order valence-electron chi connectivity index (χ1n) is 9.05. The second kappa shape index (κ2) is 7.47. The molecule has 2 aliphatic rings. The predicted molar refractivity (Wildman–Crippen MR) is 105 cm³/mol. The van der Waals surface area contributed by atoms with Crippen LogP contribution in [0.15, 0.2) is 24.3 Å². The minimum atomic E-state index is -3.14. The summed E-state index contributed by atoms with van der Waals surface area (Å²) >= 11 is 0. The van der Waals surface area contributed by atoms with Gasteiger partial charge in [-0.3, -0.25) is 9.59 Å². The van der Waals surface area contributed by atoms with Crippen molar-refractivity contribution in [3.63, 3.8) is 0 Å². The highest BCUT2D eigenvalue weighted by molar-refractivity contribution is 7.91. The van der Waals surface area contributed by atoms with Crippen molar-refractivity contribution < 1.29 is 26.4 Å². The Kier molecular flexibility index (Phi) is 5.55. The van der Waals surface area contributed by atoms with Crippen LogP contribution >= 0.6 is 0 Å².